The third-order valence-corrected chi connectivity index (χ3v) is 8.67. The fourth-order valence-electron chi connectivity index (χ4n) is 3.64. The number of hydrogen-bond acceptors (Lipinski definition) is 6. The third kappa shape index (κ3) is 4.46. The Balaban J connectivity index is 1.44. The van der Waals surface area contributed by atoms with Crippen LogP contribution in [0.4, 0.5) is 0 Å². The van der Waals surface area contributed by atoms with Crippen LogP contribution in [0.5, 0.6) is 0 Å². The van der Waals surface area contributed by atoms with Crippen LogP contribution < -0.4 is 0 Å². The van der Waals surface area contributed by atoms with E-state index < -0.39 is 10.0 Å². The van der Waals surface area contributed by atoms with Gasteiger partial charge in [-0.25, -0.2) is 13.4 Å². The van der Waals surface area contributed by atoms with Crippen LogP contribution in [-0.2, 0) is 10.0 Å². The summed E-state index contributed by atoms with van der Waals surface area (Å²) in [5, 5.41) is 0.706. The molecule has 2 aromatic heterocycles. The quantitative estimate of drug-likeness (QED) is 0.567. The number of carbonyl (C=O) groups is 1. The molecule has 1 aliphatic heterocycles. The minimum atomic E-state index is -3.58. The third-order valence-electron chi connectivity index (χ3n) is 5.59. The second-order valence-electron chi connectivity index (χ2n) is 8.07. The molecule has 0 N–H and O–H groups in total. The second kappa shape index (κ2) is 9.09. The summed E-state index contributed by atoms with van der Waals surface area (Å²) in [6.45, 7) is 7.19. The smallest absolute Gasteiger partial charge is 0.265 e. The number of carbonyl (C=O) groups excluding carboxylic acids is 1. The highest BCUT2D eigenvalue weighted by atomic mass is 32.2. The molecule has 0 aliphatic carbocycles. The average molecular weight is 471 g/mol. The summed E-state index contributed by atoms with van der Waals surface area (Å²) < 4.78 is 27.5. The largest absolute Gasteiger partial charge is 0.335 e. The molecular weight excluding hydrogens is 444 g/mol. The first-order valence-corrected chi connectivity index (χ1v) is 12.8. The number of aromatic nitrogens is 2. The van der Waals surface area contributed by atoms with Gasteiger partial charge in [0.2, 0.25) is 10.0 Å². The first-order valence-electron chi connectivity index (χ1n) is 10.6. The van der Waals surface area contributed by atoms with Crippen LogP contribution in [0.3, 0.4) is 0 Å². The van der Waals surface area contributed by atoms with Crippen molar-refractivity contribution in [3.63, 3.8) is 0 Å². The number of piperazine rings is 1. The normalized spacial score (nSPS) is 15.3. The number of aryl methyl sites for hydroxylation is 1. The molecule has 3 aromatic rings. The molecule has 1 aromatic carbocycles. The molecule has 1 saturated heterocycles. The van der Waals surface area contributed by atoms with Gasteiger partial charge < -0.3 is 4.90 Å². The number of thiazole rings is 1. The lowest BCUT2D eigenvalue weighted by atomic mass is 10.0. The van der Waals surface area contributed by atoms with Crippen molar-refractivity contribution >= 4 is 27.3 Å². The van der Waals surface area contributed by atoms with E-state index in [9.17, 15) is 13.2 Å². The molecule has 0 unspecified atom stereocenters. The van der Waals surface area contributed by atoms with Gasteiger partial charge in [0.15, 0.2) is 0 Å². The van der Waals surface area contributed by atoms with Crippen LogP contribution in [0.2, 0.25) is 0 Å². The van der Waals surface area contributed by atoms with Gasteiger partial charge in [-0.3, -0.25) is 9.78 Å². The van der Waals surface area contributed by atoms with Gasteiger partial charge in [-0.2, -0.15) is 4.31 Å². The zero-order chi connectivity index (χ0) is 22.9. The predicted molar refractivity (Wildman–Crippen MR) is 125 cm³/mol. The molecule has 168 valence electrons. The number of sulfonamides is 1. The SMILES string of the molecule is Cc1nc(-c2ccccn2)sc1C(=O)N1CCN(S(=O)(=O)c2ccc(C(C)C)cc2)CC1. The zero-order valence-corrected chi connectivity index (χ0v) is 20.0. The van der Waals surface area contributed by atoms with Crippen molar-refractivity contribution in [2.24, 2.45) is 0 Å². The van der Waals surface area contributed by atoms with E-state index in [0.29, 0.717) is 39.5 Å². The molecule has 1 amide bonds. The number of pyridine rings is 1. The number of amides is 1. The minimum absolute atomic E-state index is 0.111. The zero-order valence-electron chi connectivity index (χ0n) is 18.4. The lowest BCUT2D eigenvalue weighted by molar-refractivity contribution is 0.0702. The highest BCUT2D eigenvalue weighted by molar-refractivity contribution is 7.89. The van der Waals surface area contributed by atoms with E-state index in [0.717, 1.165) is 11.3 Å². The van der Waals surface area contributed by atoms with Gasteiger partial charge in [-0.15, -0.1) is 11.3 Å². The maximum atomic E-state index is 13.1. The van der Waals surface area contributed by atoms with Gasteiger partial charge in [-0.1, -0.05) is 32.0 Å². The lowest BCUT2D eigenvalue weighted by Crippen LogP contribution is -2.50. The summed E-state index contributed by atoms with van der Waals surface area (Å²) in [5.74, 6) is 0.232. The first kappa shape index (κ1) is 22.6. The fourth-order valence-corrected chi connectivity index (χ4v) is 6.08. The predicted octanol–water partition coefficient (Wildman–Crippen LogP) is 3.78. The van der Waals surface area contributed by atoms with E-state index in [-0.39, 0.29) is 19.0 Å². The molecule has 0 spiro atoms. The fraction of sp³-hybridized carbons (Fsp3) is 0.348. The van der Waals surface area contributed by atoms with Gasteiger partial charge in [0.25, 0.3) is 5.91 Å². The number of hydrogen-bond donors (Lipinski definition) is 0. The van der Waals surface area contributed by atoms with Crippen LogP contribution in [0.1, 0.15) is 40.7 Å². The second-order valence-corrected chi connectivity index (χ2v) is 11.0. The summed E-state index contributed by atoms with van der Waals surface area (Å²) in [5.41, 5.74) is 2.50. The van der Waals surface area contributed by atoms with Crippen molar-refractivity contribution < 1.29 is 13.2 Å². The minimum Gasteiger partial charge on any atom is -0.335 e. The van der Waals surface area contributed by atoms with Crippen molar-refractivity contribution in [2.75, 3.05) is 26.2 Å². The van der Waals surface area contributed by atoms with E-state index >= 15 is 0 Å². The summed E-state index contributed by atoms with van der Waals surface area (Å²) in [4.78, 5) is 24.5. The molecule has 0 bridgehead atoms. The van der Waals surface area contributed by atoms with Gasteiger partial charge in [0, 0.05) is 32.4 Å². The molecule has 3 heterocycles. The summed E-state index contributed by atoms with van der Waals surface area (Å²) in [6, 6.07) is 12.7. The standard InChI is InChI=1S/C23H26N4O3S2/c1-16(2)18-7-9-19(10-8-18)32(29,30)27-14-12-26(13-15-27)23(28)21-17(3)25-22(31-21)20-6-4-5-11-24-20/h4-11,16H,12-15H2,1-3H3. The highest BCUT2D eigenvalue weighted by Crippen LogP contribution is 2.28. The molecule has 1 fully saturated rings. The Bertz CT molecular complexity index is 1200. The summed E-state index contributed by atoms with van der Waals surface area (Å²) in [7, 11) is -3.58. The van der Waals surface area contributed by atoms with Crippen molar-refractivity contribution in [1.29, 1.82) is 0 Å². The maximum absolute atomic E-state index is 13.1. The summed E-state index contributed by atoms with van der Waals surface area (Å²) >= 11 is 1.32. The van der Waals surface area contributed by atoms with Crippen LogP contribution in [0, 0.1) is 6.92 Å². The van der Waals surface area contributed by atoms with Crippen LogP contribution in [0.15, 0.2) is 53.6 Å². The molecule has 4 rings (SSSR count). The van der Waals surface area contributed by atoms with Crippen LogP contribution in [-0.4, -0.2) is 59.7 Å². The van der Waals surface area contributed by atoms with Crippen molar-refractivity contribution in [1.82, 2.24) is 19.2 Å². The molecule has 9 heteroatoms. The Morgan fingerprint density at radius 3 is 2.31 bits per heavy atom. The Morgan fingerprint density at radius 2 is 1.72 bits per heavy atom. The molecule has 7 nitrogen and oxygen atoms in total. The van der Waals surface area contributed by atoms with Gasteiger partial charge in [0.1, 0.15) is 9.88 Å². The van der Waals surface area contributed by atoms with E-state index in [2.05, 4.69) is 23.8 Å². The number of rotatable bonds is 5. The number of benzene rings is 1. The average Bonchev–Trinajstić information content (AvgIpc) is 3.21. The molecule has 1 aliphatic rings. The van der Waals surface area contributed by atoms with E-state index in [1.807, 2.05) is 37.3 Å². The van der Waals surface area contributed by atoms with Crippen LogP contribution >= 0.6 is 11.3 Å². The Hall–Kier alpha value is -2.62. The van der Waals surface area contributed by atoms with Crippen molar-refractivity contribution in [3.8, 4) is 10.7 Å². The monoisotopic (exact) mass is 470 g/mol. The van der Waals surface area contributed by atoms with Crippen molar-refractivity contribution in [2.45, 2.75) is 31.6 Å². The van der Waals surface area contributed by atoms with Crippen molar-refractivity contribution in [3.05, 3.63) is 64.8 Å². The Morgan fingerprint density at radius 1 is 1.03 bits per heavy atom. The Labute approximate surface area is 192 Å². The first-order chi connectivity index (χ1) is 15.3. The van der Waals surface area contributed by atoms with E-state index in [4.69, 9.17) is 0 Å². The van der Waals surface area contributed by atoms with Gasteiger partial charge >= 0.3 is 0 Å². The summed E-state index contributed by atoms with van der Waals surface area (Å²) in [6.07, 6.45) is 1.70. The Kier molecular flexibility index (Phi) is 6.41. The topological polar surface area (TPSA) is 83.5 Å². The van der Waals surface area contributed by atoms with Crippen LogP contribution in [0.25, 0.3) is 10.7 Å². The van der Waals surface area contributed by atoms with Gasteiger partial charge in [0.05, 0.1) is 16.3 Å². The van der Waals surface area contributed by atoms with Gasteiger partial charge in [-0.05, 0) is 42.7 Å². The molecule has 0 saturated carbocycles. The lowest BCUT2D eigenvalue weighted by Gasteiger charge is -2.33. The van der Waals surface area contributed by atoms with E-state index in [1.165, 1.54) is 15.6 Å². The molecule has 32 heavy (non-hydrogen) atoms. The molecule has 0 atom stereocenters. The van der Waals surface area contributed by atoms with E-state index in [1.54, 1.807) is 23.2 Å². The molecular formula is C23H26N4O3S2. The molecule has 0 radical (unpaired) electrons. The maximum Gasteiger partial charge on any atom is 0.265 e. The number of nitrogens with zero attached hydrogens (tertiary/aromatic N) is 4. The highest BCUT2D eigenvalue weighted by Gasteiger charge is 2.31.